The maximum absolute atomic E-state index is 11.8. The van der Waals surface area contributed by atoms with E-state index in [9.17, 15) is 4.79 Å². The summed E-state index contributed by atoms with van der Waals surface area (Å²) in [5, 5.41) is 0.260. The van der Waals surface area contributed by atoms with Crippen LogP contribution in [0.25, 0.3) is 0 Å². The Morgan fingerprint density at radius 3 is 2.89 bits per heavy atom. The Morgan fingerprint density at radius 1 is 1.50 bits per heavy atom. The molecule has 0 unspecified atom stereocenters. The molecule has 0 aliphatic carbocycles. The SMILES string of the molecule is CC(C)=CCC[C@@H](C)CC(=O)SCc1ccco1. The van der Waals surface area contributed by atoms with Gasteiger partial charge in [-0.15, -0.1) is 0 Å². The Kier molecular flexibility index (Phi) is 6.88. The van der Waals surface area contributed by atoms with Crippen LogP contribution in [0.1, 0.15) is 45.8 Å². The number of furan rings is 1. The van der Waals surface area contributed by atoms with Crippen molar-refractivity contribution in [3.63, 3.8) is 0 Å². The Labute approximate surface area is 114 Å². The van der Waals surface area contributed by atoms with Crippen LogP contribution in [0, 0.1) is 5.92 Å². The quantitative estimate of drug-likeness (QED) is 0.663. The van der Waals surface area contributed by atoms with Crippen molar-refractivity contribution in [1.29, 1.82) is 0 Å². The van der Waals surface area contributed by atoms with Gasteiger partial charge in [0.15, 0.2) is 5.12 Å². The van der Waals surface area contributed by atoms with Gasteiger partial charge in [-0.05, 0) is 44.7 Å². The highest BCUT2D eigenvalue weighted by Crippen LogP contribution is 2.20. The minimum Gasteiger partial charge on any atom is -0.468 e. The van der Waals surface area contributed by atoms with Crippen LogP contribution in [0.4, 0.5) is 0 Å². The zero-order chi connectivity index (χ0) is 13.4. The van der Waals surface area contributed by atoms with Gasteiger partial charge in [-0.2, -0.15) is 0 Å². The largest absolute Gasteiger partial charge is 0.468 e. The predicted molar refractivity (Wildman–Crippen MR) is 77.5 cm³/mol. The molecule has 18 heavy (non-hydrogen) atoms. The third-order valence-electron chi connectivity index (χ3n) is 2.68. The topological polar surface area (TPSA) is 30.2 Å². The summed E-state index contributed by atoms with van der Waals surface area (Å²) in [5.41, 5.74) is 1.35. The van der Waals surface area contributed by atoms with Crippen LogP contribution in [0.15, 0.2) is 34.5 Å². The van der Waals surface area contributed by atoms with Crippen molar-refractivity contribution in [2.45, 2.75) is 45.8 Å². The summed E-state index contributed by atoms with van der Waals surface area (Å²) in [5.74, 6) is 1.97. The van der Waals surface area contributed by atoms with Gasteiger partial charge >= 0.3 is 0 Å². The van der Waals surface area contributed by atoms with Crippen LogP contribution >= 0.6 is 11.8 Å². The molecule has 100 valence electrons. The average Bonchev–Trinajstić information content (AvgIpc) is 2.78. The second-order valence-corrected chi connectivity index (χ2v) is 5.94. The van der Waals surface area contributed by atoms with Crippen molar-refractivity contribution < 1.29 is 9.21 Å². The molecule has 1 aromatic rings. The van der Waals surface area contributed by atoms with Gasteiger partial charge in [-0.1, -0.05) is 30.3 Å². The Balaban J connectivity index is 2.17. The second-order valence-electron chi connectivity index (χ2n) is 4.91. The van der Waals surface area contributed by atoms with E-state index in [1.807, 2.05) is 12.1 Å². The highest BCUT2D eigenvalue weighted by atomic mass is 32.2. The van der Waals surface area contributed by atoms with E-state index in [4.69, 9.17) is 4.42 Å². The van der Waals surface area contributed by atoms with Crippen molar-refractivity contribution in [2.75, 3.05) is 0 Å². The molecule has 0 spiro atoms. The predicted octanol–water partition coefficient (Wildman–Crippen LogP) is 4.81. The number of carbonyl (C=O) groups is 1. The van der Waals surface area contributed by atoms with Crippen molar-refractivity contribution in [3.8, 4) is 0 Å². The summed E-state index contributed by atoms with van der Waals surface area (Å²) < 4.78 is 5.20. The van der Waals surface area contributed by atoms with E-state index in [-0.39, 0.29) is 5.12 Å². The summed E-state index contributed by atoms with van der Waals surface area (Å²) in [7, 11) is 0. The number of hydrogen-bond acceptors (Lipinski definition) is 3. The summed E-state index contributed by atoms with van der Waals surface area (Å²) in [4.78, 5) is 11.8. The Morgan fingerprint density at radius 2 is 2.28 bits per heavy atom. The van der Waals surface area contributed by atoms with E-state index in [0.29, 0.717) is 18.1 Å². The van der Waals surface area contributed by atoms with Crippen molar-refractivity contribution in [3.05, 3.63) is 35.8 Å². The molecule has 1 aromatic heterocycles. The third-order valence-corrected chi connectivity index (χ3v) is 3.60. The molecule has 1 atom stereocenters. The molecule has 0 aromatic carbocycles. The molecule has 0 radical (unpaired) electrons. The minimum atomic E-state index is 0.260. The van der Waals surface area contributed by atoms with Gasteiger partial charge < -0.3 is 4.42 Å². The lowest BCUT2D eigenvalue weighted by Gasteiger charge is -2.08. The molecule has 0 bridgehead atoms. The lowest BCUT2D eigenvalue weighted by molar-refractivity contribution is -0.111. The Hall–Kier alpha value is -0.960. The fraction of sp³-hybridized carbons (Fsp3) is 0.533. The first kappa shape index (κ1) is 15.1. The second kappa shape index (κ2) is 8.20. The number of thioether (sulfide) groups is 1. The van der Waals surface area contributed by atoms with Crippen LogP contribution in [0.5, 0.6) is 0 Å². The standard InChI is InChI=1S/C15H22O2S/c1-12(2)6-4-7-13(3)10-15(16)18-11-14-8-5-9-17-14/h5-6,8-9,13H,4,7,10-11H2,1-3H3/t13-/m1/s1. The van der Waals surface area contributed by atoms with E-state index in [0.717, 1.165) is 18.6 Å². The van der Waals surface area contributed by atoms with Gasteiger partial charge in [0.2, 0.25) is 0 Å². The number of hydrogen-bond donors (Lipinski definition) is 0. The van der Waals surface area contributed by atoms with Gasteiger partial charge in [-0.25, -0.2) is 0 Å². The molecule has 0 N–H and O–H groups in total. The molecular formula is C15H22O2S. The van der Waals surface area contributed by atoms with E-state index in [1.165, 1.54) is 17.3 Å². The average molecular weight is 266 g/mol. The summed E-state index contributed by atoms with van der Waals surface area (Å²) in [6, 6.07) is 3.75. The smallest absolute Gasteiger partial charge is 0.189 e. The van der Waals surface area contributed by atoms with Crippen LogP contribution in [0.3, 0.4) is 0 Å². The highest BCUT2D eigenvalue weighted by Gasteiger charge is 2.10. The van der Waals surface area contributed by atoms with Crippen LogP contribution in [-0.2, 0) is 10.5 Å². The van der Waals surface area contributed by atoms with Gasteiger partial charge in [0.25, 0.3) is 0 Å². The van der Waals surface area contributed by atoms with E-state index >= 15 is 0 Å². The highest BCUT2D eigenvalue weighted by molar-refractivity contribution is 8.12. The van der Waals surface area contributed by atoms with Crippen molar-refractivity contribution in [2.24, 2.45) is 5.92 Å². The maximum Gasteiger partial charge on any atom is 0.189 e. The van der Waals surface area contributed by atoms with Gasteiger partial charge in [0, 0.05) is 6.42 Å². The van der Waals surface area contributed by atoms with Crippen molar-refractivity contribution >= 4 is 16.9 Å². The first-order valence-electron chi connectivity index (χ1n) is 6.39. The first-order chi connectivity index (χ1) is 8.58. The molecule has 1 heterocycles. The molecule has 0 aliphatic rings. The summed E-state index contributed by atoms with van der Waals surface area (Å²) in [6.07, 6.45) is 6.68. The number of carbonyl (C=O) groups excluding carboxylic acids is 1. The van der Waals surface area contributed by atoms with Crippen LogP contribution in [-0.4, -0.2) is 5.12 Å². The minimum absolute atomic E-state index is 0.260. The van der Waals surface area contributed by atoms with E-state index < -0.39 is 0 Å². The fourth-order valence-electron chi connectivity index (χ4n) is 1.65. The molecule has 1 rings (SSSR count). The molecule has 2 nitrogen and oxygen atoms in total. The normalized spacial score (nSPS) is 12.2. The lowest BCUT2D eigenvalue weighted by atomic mass is 10.0. The molecule has 0 fully saturated rings. The monoisotopic (exact) mass is 266 g/mol. The zero-order valence-electron chi connectivity index (χ0n) is 11.4. The van der Waals surface area contributed by atoms with Crippen molar-refractivity contribution in [1.82, 2.24) is 0 Å². The fourth-order valence-corrected chi connectivity index (χ4v) is 2.52. The molecule has 3 heteroatoms. The number of rotatable bonds is 7. The third kappa shape index (κ3) is 6.70. The van der Waals surface area contributed by atoms with Gasteiger partial charge in [0.05, 0.1) is 12.0 Å². The number of allylic oxidation sites excluding steroid dienone is 2. The summed E-state index contributed by atoms with van der Waals surface area (Å²) >= 11 is 1.35. The van der Waals surface area contributed by atoms with Crippen LogP contribution in [0.2, 0.25) is 0 Å². The molecule has 0 saturated carbocycles. The first-order valence-corrected chi connectivity index (χ1v) is 7.38. The molecular weight excluding hydrogens is 244 g/mol. The van der Waals surface area contributed by atoms with Gasteiger partial charge in [0.1, 0.15) is 5.76 Å². The van der Waals surface area contributed by atoms with E-state index in [2.05, 4.69) is 26.8 Å². The van der Waals surface area contributed by atoms with E-state index in [1.54, 1.807) is 6.26 Å². The molecule has 0 saturated heterocycles. The Bertz CT molecular complexity index is 375. The molecule has 0 aliphatic heterocycles. The molecule has 0 amide bonds. The van der Waals surface area contributed by atoms with Gasteiger partial charge in [-0.3, -0.25) is 4.79 Å². The zero-order valence-corrected chi connectivity index (χ0v) is 12.3. The lowest BCUT2D eigenvalue weighted by Crippen LogP contribution is -2.02. The maximum atomic E-state index is 11.8. The summed E-state index contributed by atoms with van der Waals surface area (Å²) in [6.45, 7) is 6.36. The van der Waals surface area contributed by atoms with Crippen LogP contribution < -0.4 is 0 Å².